The first kappa shape index (κ1) is 10.5. The molecule has 0 unspecified atom stereocenters. The van der Waals surface area contributed by atoms with Gasteiger partial charge in [-0.15, -0.1) is 0 Å². The standard InChI is InChI=1S/C13H20N2/c1-12(2)10(13(12,3)4)9-15-11-7-5-6-8-14-11/h5-8,10H,9H2,1-4H3,(H,14,15). The highest BCUT2D eigenvalue weighted by molar-refractivity contribution is 5.34. The quantitative estimate of drug-likeness (QED) is 0.818. The highest BCUT2D eigenvalue weighted by Gasteiger charge is 2.63. The van der Waals surface area contributed by atoms with Crippen molar-refractivity contribution in [2.45, 2.75) is 27.7 Å². The predicted molar refractivity (Wildman–Crippen MR) is 63.8 cm³/mol. The maximum Gasteiger partial charge on any atom is 0.125 e. The fourth-order valence-corrected chi connectivity index (χ4v) is 2.52. The minimum atomic E-state index is 0.453. The van der Waals surface area contributed by atoms with Crippen LogP contribution in [-0.4, -0.2) is 11.5 Å². The Kier molecular flexibility index (Phi) is 2.25. The Hall–Kier alpha value is -1.05. The van der Waals surface area contributed by atoms with E-state index in [4.69, 9.17) is 0 Å². The molecule has 1 saturated carbocycles. The van der Waals surface area contributed by atoms with Crippen LogP contribution < -0.4 is 5.32 Å². The molecule has 2 heteroatoms. The number of hydrogen-bond donors (Lipinski definition) is 1. The molecule has 0 amide bonds. The lowest BCUT2D eigenvalue weighted by Gasteiger charge is -2.05. The van der Waals surface area contributed by atoms with E-state index in [9.17, 15) is 0 Å². The third kappa shape index (κ3) is 1.62. The fraction of sp³-hybridized carbons (Fsp3) is 0.615. The van der Waals surface area contributed by atoms with Crippen LogP contribution in [-0.2, 0) is 0 Å². The van der Waals surface area contributed by atoms with Crippen LogP contribution in [0, 0.1) is 16.7 Å². The second-order valence-corrected chi connectivity index (χ2v) is 5.59. The molecule has 0 atom stereocenters. The lowest BCUT2D eigenvalue weighted by Crippen LogP contribution is -2.08. The zero-order valence-corrected chi connectivity index (χ0v) is 10.0. The minimum Gasteiger partial charge on any atom is -0.370 e. The van der Waals surface area contributed by atoms with Gasteiger partial charge < -0.3 is 5.32 Å². The molecule has 0 saturated heterocycles. The van der Waals surface area contributed by atoms with Crippen molar-refractivity contribution < 1.29 is 0 Å². The van der Waals surface area contributed by atoms with Crippen LogP contribution in [0.1, 0.15) is 27.7 Å². The smallest absolute Gasteiger partial charge is 0.125 e. The van der Waals surface area contributed by atoms with Gasteiger partial charge in [0.25, 0.3) is 0 Å². The molecule has 2 nitrogen and oxygen atoms in total. The molecule has 1 aliphatic carbocycles. The van der Waals surface area contributed by atoms with Gasteiger partial charge in [-0.3, -0.25) is 0 Å². The second kappa shape index (κ2) is 3.22. The zero-order chi connectivity index (χ0) is 11.1. The van der Waals surface area contributed by atoms with E-state index in [2.05, 4.69) is 38.0 Å². The average Bonchev–Trinajstić information content (AvgIpc) is 2.57. The Morgan fingerprint density at radius 3 is 2.33 bits per heavy atom. The molecule has 1 fully saturated rings. The van der Waals surface area contributed by atoms with E-state index >= 15 is 0 Å². The Morgan fingerprint density at radius 2 is 1.87 bits per heavy atom. The molecule has 1 aromatic rings. The summed E-state index contributed by atoms with van der Waals surface area (Å²) in [4.78, 5) is 4.26. The van der Waals surface area contributed by atoms with Crippen molar-refractivity contribution in [2.75, 3.05) is 11.9 Å². The molecule has 15 heavy (non-hydrogen) atoms. The first-order valence-corrected chi connectivity index (χ1v) is 5.61. The molecule has 0 aliphatic heterocycles. The van der Waals surface area contributed by atoms with Crippen LogP contribution in [0.5, 0.6) is 0 Å². The number of pyridine rings is 1. The summed E-state index contributed by atoms with van der Waals surface area (Å²) in [7, 11) is 0. The van der Waals surface area contributed by atoms with E-state index < -0.39 is 0 Å². The van der Waals surface area contributed by atoms with Crippen LogP contribution in [0.4, 0.5) is 5.82 Å². The molecule has 1 heterocycles. The van der Waals surface area contributed by atoms with E-state index in [1.807, 2.05) is 24.4 Å². The van der Waals surface area contributed by atoms with Gasteiger partial charge in [-0.05, 0) is 28.9 Å². The molecule has 1 N–H and O–H groups in total. The van der Waals surface area contributed by atoms with Gasteiger partial charge in [-0.2, -0.15) is 0 Å². The van der Waals surface area contributed by atoms with Gasteiger partial charge in [0.1, 0.15) is 5.82 Å². The van der Waals surface area contributed by atoms with Gasteiger partial charge in [-0.25, -0.2) is 4.98 Å². The molecular formula is C13H20N2. The summed E-state index contributed by atoms with van der Waals surface area (Å²) in [5, 5.41) is 3.41. The number of nitrogens with one attached hydrogen (secondary N) is 1. The van der Waals surface area contributed by atoms with Crippen molar-refractivity contribution in [1.82, 2.24) is 4.98 Å². The van der Waals surface area contributed by atoms with Gasteiger partial charge in [0.2, 0.25) is 0 Å². The van der Waals surface area contributed by atoms with E-state index in [0.29, 0.717) is 10.8 Å². The first-order valence-electron chi connectivity index (χ1n) is 5.61. The maximum atomic E-state index is 4.26. The molecule has 2 rings (SSSR count). The predicted octanol–water partition coefficient (Wildman–Crippen LogP) is 3.18. The summed E-state index contributed by atoms with van der Waals surface area (Å²) in [6, 6.07) is 5.97. The third-order valence-electron chi connectivity index (χ3n) is 4.47. The molecule has 0 radical (unpaired) electrons. The van der Waals surface area contributed by atoms with Gasteiger partial charge in [0.05, 0.1) is 0 Å². The topological polar surface area (TPSA) is 24.9 Å². The van der Waals surface area contributed by atoms with Gasteiger partial charge in [-0.1, -0.05) is 33.8 Å². The van der Waals surface area contributed by atoms with Crippen LogP contribution in [0.25, 0.3) is 0 Å². The summed E-state index contributed by atoms with van der Waals surface area (Å²) in [6.07, 6.45) is 1.82. The number of rotatable bonds is 3. The van der Waals surface area contributed by atoms with Gasteiger partial charge in [0.15, 0.2) is 0 Å². The first-order chi connectivity index (χ1) is 6.96. The summed E-state index contributed by atoms with van der Waals surface area (Å²) in [5.74, 6) is 1.73. The molecular weight excluding hydrogens is 184 g/mol. The molecule has 1 aliphatic rings. The van der Waals surface area contributed by atoms with Crippen LogP contribution in [0.2, 0.25) is 0 Å². The Morgan fingerprint density at radius 1 is 1.20 bits per heavy atom. The van der Waals surface area contributed by atoms with Crippen molar-refractivity contribution in [1.29, 1.82) is 0 Å². The van der Waals surface area contributed by atoms with Gasteiger partial charge >= 0.3 is 0 Å². The van der Waals surface area contributed by atoms with E-state index in [0.717, 1.165) is 18.3 Å². The summed E-state index contributed by atoms with van der Waals surface area (Å²) in [6.45, 7) is 10.4. The van der Waals surface area contributed by atoms with Gasteiger partial charge in [0, 0.05) is 12.7 Å². The number of anilines is 1. The van der Waals surface area contributed by atoms with E-state index in [-0.39, 0.29) is 0 Å². The van der Waals surface area contributed by atoms with Crippen LogP contribution >= 0.6 is 0 Å². The molecule has 0 bridgehead atoms. The summed E-state index contributed by atoms with van der Waals surface area (Å²) in [5.41, 5.74) is 0.906. The molecule has 1 aromatic heterocycles. The van der Waals surface area contributed by atoms with Crippen molar-refractivity contribution in [2.24, 2.45) is 16.7 Å². The maximum absolute atomic E-state index is 4.26. The lowest BCUT2D eigenvalue weighted by atomic mass is 10.0. The van der Waals surface area contributed by atoms with Crippen LogP contribution in [0.15, 0.2) is 24.4 Å². The highest BCUT2D eigenvalue weighted by atomic mass is 15.0. The van der Waals surface area contributed by atoms with Crippen molar-refractivity contribution in [3.63, 3.8) is 0 Å². The van der Waals surface area contributed by atoms with E-state index in [1.165, 1.54) is 0 Å². The molecule has 0 aromatic carbocycles. The monoisotopic (exact) mass is 204 g/mol. The summed E-state index contributed by atoms with van der Waals surface area (Å²) < 4.78 is 0. The van der Waals surface area contributed by atoms with Crippen LogP contribution in [0.3, 0.4) is 0 Å². The minimum absolute atomic E-state index is 0.453. The Labute approximate surface area is 92.1 Å². The number of aromatic nitrogens is 1. The Bertz CT molecular complexity index is 327. The van der Waals surface area contributed by atoms with Crippen molar-refractivity contribution >= 4 is 5.82 Å². The molecule has 82 valence electrons. The summed E-state index contributed by atoms with van der Waals surface area (Å²) >= 11 is 0. The second-order valence-electron chi connectivity index (χ2n) is 5.59. The highest BCUT2D eigenvalue weighted by Crippen LogP contribution is 2.68. The average molecular weight is 204 g/mol. The number of nitrogens with zero attached hydrogens (tertiary/aromatic N) is 1. The number of hydrogen-bond acceptors (Lipinski definition) is 2. The SMILES string of the molecule is CC1(C)C(CNc2ccccn2)C1(C)C. The Balaban J connectivity index is 1.92. The molecule has 0 spiro atoms. The normalized spacial score (nSPS) is 22.4. The lowest BCUT2D eigenvalue weighted by molar-refractivity contribution is 0.457. The largest absolute Gasteiger partial charge is 0.370 e. The van der Waals surface area contributed by atoms with E-state index in [1.54, 1.807) is 0 Å². The fourth-order valence-electron chi connectivity index (χ4n) is 2.52. The van der Waals surface area contributed by atoms with Crippen molar-refractivity contribution in [3.05, 3.63) is 24.4 Å². The third-order valence-corrected chi connectivity index (χ3v) is 4.47. The van der Waals surface area contributed by atoms with Crippen molar-refractivity contribution in [3.8, 4) is 0 Å². The zero-order valence-electron chi connectivity index (χ0n) is 10.0.